The van der Waals surface area contributed by atoms with Crippen molar-refractivity contribution >= 4 is 11.6 Å². The lowest BCUT2D eigenvalue weighted by atomic mass is 10.2. The average Bonchev–Trinajstić information content (AvgIpc) is 2.50. The van der Waals surface area contributed by atoms with E-state index in [9.17, 15) is 4.79 Å². The largest absolute Gasteiger partial charge is 0.322 e. The Labute approximate surface area is 119 Å². The van der Waals surface area contributed by atoms with Crippen molar-refractivity contribution in [1.82, 2.24) is 10.3 Å². The molecule has 20 heavy (non-hydrogen) atoms. The first-order valence-electron chi connectivity index (χ1n) is 6.80. The molecule has 1 heterocycles. The van der Waals surface area contributed by atoms with Crippen LogP contribution in [0.4, 0.5) is 5.69 Å². The Bertz CT molecular complexity index is 537. The van der Waals surface area contributed by atoms with Crippen LogP contribution in [0.1, 0.15) is 29.3 Å². The van der Waals surface area contributed by atoms with Crippen LogP contribution in [-0.2, 0) is 6.54 Å². The lowest BCUT2D eigenvalue weighted by Gasteiger charge is -2.07. The summed E-state index contributed by atoms with van der Waals surface area (Å²) in [6.07, 6.45) is 4.34. The van der Waals surface area contributed by atoms with Crippen molar-refractivity contribution in [1.29, 1.82) is 0 Å². The van der Waals surface area contributed by atoms with Crippen LogP contribution in [0.25, 0.3) is 0 Å². The number of carbonyl (C=O) groups is 1. The van der Waals surface area contributed by atoms with Gasteiger partial charge in [0.1, 0.15) is 0 Å². The summed E-state index contributed by atoms with van der Waals surface area (Å²) in [6.45, 7) is 4.01. The highest BCUT2D eigenvalue weighted by atomic mass is 16.1. The zero-order valence-electron chi connectivity index (χ0n) is 11.6. The number of carbonyl (C=O) groups excluding carboxylic acids is 1. The van der Waals surface area contributed by atoms with Crippen LogP contribution in [0.3, 0.4) is 0 Å². The first-order chi connectivity index (χ1) is 9.79. The van der Waals surface area contributed by atoms with Crippen LogP contribution < -0.4 is 10.6 Å². The molecule has 0 aliphatic heterocycles. The van der Waals surface area contributed by atoms with E-state index in [2.05, 4.69) is 22.5 Å². The number of hydrogen-bond acceptors (Lipinski definition) is 3. The molecule has 2 N–H and O–H groups in total. The zero-order valence-corrected chi connectivity index (χ0v) is 11.6. The molecular weight excluding hydrogens is 250 g/mol. The maximum atomic E-state index is 12.0. The molecule has 0 unspecified atom stereocenters. The summed E-state index contributed by atoms with van der Waals surface area (Å²) in [6, 6.07) is 11.3. The van der Waals surface area contributed by atoms with Crippen LogP contribution >= 0.6 is 0 Å². The topological polar surface area (TPSA) is 54.0 Å². The molecule has 0 fully saturated rings. The van der Waals surface area contributed by atoms with Gasteiger partial charge in [-0.2, -0.15) is 0 Å². The third-order valence-corrected chi connectivity index (χ3v) is 2.91. The summed E-state index contributed by atoms with van der Waals surface area (Å²) in [5.74, 6) is -0.121. The van der Waals surface area contributed by atoms with Gasteiger partial charge >= 0.3 is 0 Å². The van der Waals surface area contributed by atoms with Gasteiger partial charge in [-0.05, 0) is 42.8 Å². The van der Waals surface area contributed by atoms with E-state index in [0.29, 0.717) is 5.56 Å². The number of aromatic nitrogens is 1. The van der Waals surface area contributed by atoms with E-state index in [0.717, 1.165) is 25.2 Å². The molecule has 0 saturated carbocycles. The molecule has 4 heteroatoms. The molecule has 0 aliphatic rings. The van der Waals surface area contributed by atoms with E-state index in [1.54, 1.807) is 24.5 Å². The molecule has 1 aromatic heterocycles. The minimum Gasteiger partial charge on any atom is -0.322 e. The van der Waals surface area contributed by atoms with Gasteiger partial charge in [0.25, 0.3) is 5.91 Å². The SMILES string of the molecule is CCCNCc1ccc(NC(=O)c2ccncc2)cc1. The van der Waals surface area contributed by atoms with Crippen LogP contribution in [0.2, 0.25) is 0 Å². The second-order valence-electron chi connectivity index (χ2n) is 4.56. The number of nitrogens with zero attached hydrogens (tertiary/aromatic N) is 1. The van der Waals surface area contributed by atoms with E-state index in [1.165, 1.54) is 5.56 Å². The van der Waals surface area contributed by atoms with Crippen molar-refractivity contribution in [2.45, 2.75) is 19.9 Å². The Morgan fingerprint density at radius 1 is 1.10 bits per heavy atom. The fourth-order valence-electron chi connectivity index (χ4n) is 1.82. The molecule has 104 valence electrons. The summed E-state index contributed by atoms with van der Waals surface area (Å²) in [5, 5.41) is 6.21. The number of benzene rings is 1. The smallest absolute Gasteiger partial charge is 0.255 e. The number of amides is 1. The molecule has 0 saturated heterocycles. The van der Waals surface area contributed by atoms with Crippen LogP contribution in [0, 0.1) is 0 Å². The van der Waals surface area contributed by atoms with Gasteiger partial charge in [0.2, 0.25) is 0 Å². The lowest BCUT2D eigenvalue weighted by molar-refractivity contribution is 0.102. The van der Waals surface area contributed by atoms with Crippen LogP contribution in [0.5, 0.6) is 0 Å². The Hall–Kier alpha value is -2.20. The molecule has 1 amide bonds. The van der Waals surface area contributed by atoms with Crippen LogP contribution in [0.15, 0.2) is 48.8 Å². The van der Waals surface area contributed by atoms with E-state index in [1.807, 2.05) is 24.3 Å². The molecule has 2 rings (SSSR count). The molecule has 0 spiro atoms. The highest BCUT2D eigenvalue weighted by molar-refractivity contribution is 6.04. The second kappa shape index (κ2) is 7.40. The molecule has 1 aromatic carbocycles. The van der Waals surface area contributed by atoms with Gasteiger partial charge in [-0.15, -0.1) is 0 Å². The summed E-state index contributed by atoms with van der Waals surface area (Å²) in [5.41, 5.74) is 2.61. The molecule has 0 atom stereocenters. The molecule has 4 nitrogen and oxygen atoms in total. The normalized spacial score (nSPS) is 10.2. The van der Waals surface area contributed by atoms with Gasteiger partial charge in [-0.25, -0.2) is 0 Å². The van der Waals surface area contributed by atoms with Crippen molar-refractivity contribution in [3.63, 3.8) is 0 Å². The minimum atomic E-state index is -0.121. The molecule has 0 bridgehead atoms. The standard InChI is InChI=1S/C16H19N3O/c1-2-9-18-12-13-3-5-15(6-4-13)19-16(20)14-7-10-17-11-8-14/h3-8,10-11,18H,2,9,12H2,1H3,(H,19,20). The summed E-state index contributed by atoms with van der Waals surface area (Å²) in [7, 11) is 0. The summed E-state index contributed by atoms with van der Waals surface area (Å²) in [4.78, 5) is 15.9. The Balaban J connectivity index is 1.92. The van der Waals surface area contributed by atoms with Crippen molar-refractivity contribution in [3.05, 3.63) is 59.9 Å². The molecule has 0 aliphatic carbocycles. The lowest BCUT2D eigenvalue weighted by Crippen LogP contribution is -2.14. The third-order valence-electron chi connectivity index (χ3n) is 2.91. The maximum Gasteiger partial charge on any atom is 0.255 e. The van der Waals surface area contributed by atoms with Gasteiger partial charge in [-0.3, -0.25) is 9.78 Å². The van der Waals surface area contributed by atoms with E-state index in [4.69, 9.17) is 0 Å². The maximum absolute atomic E-state index is 12.0. The van der Waals surface area contributed by atoms with Crippen molar-refractivity contribution in [2.75, 3.05) is 11.9 Å². The summed E-state index contributed by atoms with van der Waals surface area (Å²) >= 11 is 0. The number of anilines is 1. The van der Waals surface area contributed by atoms with E-state index >= 15 is 0 Å². The minimum absolute atomic E-state index is 0.121. The highest BCUT2D eigenvalue weighted by Crippen LogP contribution is 2.11. The number of nitrogens with one attached hydrogen (secondary N) is 2. The van der Waals surface area contributed by atoms with Gasteiger partial charge in [0, 0.05) is 30.2 Å². The van der Waals surface area contributed by atoms with Crippen LogP contribution in [-0.4, -0.2) is 17.4 Å². The van der Waals surface area contributed by atoms with Gasteiger partial charge in [0.05, 0.1) is 0 Å². The van der Waals surface area contributed by atoms with Gasteiger partial charge in [0.15, 0.2) is 0 Å². The number of pyridine rings is 1. The Kier molecular flexibility index (Phi) is 5.26. The zero-order chi connectivity index (χ0) is 14.2. The van der Waals surface area contributed by atoms with Gasteiger partial charge < -0.3 is 10.6 Å². The predicted octanol–water partition coefficient (Wildman–Crippen LogP) is 2.83. The molecule has 0 radical (unpaired) electrons. The third kappa shape index (κ3) is 4.17. The molecular formula is C16H19N3O. The Morgan fingerprint density at radius 2 is 1.80 bits per heavy atom. The quantitative estimate of drug-likeness (QED) is 0.793. The summed E-state index contributed by atoms with van der Waals surface area (Å²) < 4.78 is 0. The predicted molar refractivity (Wildman–Crippen MR) is 80.6 cm³/mol. The number of hydrogen-bond donors (Lipinski definition) is 2. The fraction of sp³-hybridized carbons (Fsp3) is 0.250. The van der Waals surface area contributed by atoms with Crippen molar-refractivity contribution in [2.24, 2.45) is 0 Å². The van der Waals surface area contributed by atoms with Crippen molar-refractivity contribution < 1.29 is 4.79 Å². The highest BCUT2D eigenvalue weighted by Gasteiger charge is 2.04. The monoisotopic (exact) mass is 269 g/mol. The van der Waals surface area contributed by atoms with Crippen molar-refractivity contribution in [3.8, 4) is 0 Å². The first-order valence-corrected chi connectivity index (χ1v) is 6.80. The van der Waals surface area contributed by atoms with Gasteiger partial charge in [-0.1, -0.05) is 19.1 Å². The molecule has 2 aromatic rings. The Morgan fingerprint density at radius 3 is 2.45 bits per heavy atom. The van der Waals surface area contributed by atoms with E-state index in [-0.39, 0.29) is 5.91 Å². The second-order valence-corrected chi connectivity index (χ2v) is 4.56. The first kappa shape index (κ1) is 14.2. The average molecular weight is 269 g/mol. The number of rotatable bonds is 6. The fourth-order valence-corrected chi connectivity index (χ4v) is 1.82. The van der Waals surface area contributed by atoms with E-state index < -0.39 is 0 Å².